The predicted molar refractivity (Wildman–Crippen MR) is 92.1 cm³/mol. The van der Waals surface area contributed by atoms with E-state index in [1.54, 1.807) is 28.8 Å². The van der Waals surface area contributed by atoms with E-state index >= 15 is 0 Å². The first-order chi connectivity index (χ1) is 11.6. The van der Waals surface area contributed by atoms with Gasteiger partial charge in [-0.1, -0.05) is 35.9 Å². The van der Waals surface area contributed by atoms with Gasteiger partial charge in [-0.05, 0) is 31.2 Å². The minimum Gasteiger partial charge on any atom is -0.300 e. The average Bonchev–Trinajstić information content (AvgIpc) is 2.90. The summed E-state index contributed by atoms with van der Waals surface area (Å²) in [6.45, 7) is 1.97. The van der Waals surface area contributed by atoms with Gasteiger partial charge in [0.1, 0.15) is 11.5 Å². The Labute approximate surface area is 136 Å². The smallest absolute Gasteiger partial charge is 0.293 e. The molecule has 4 aromatic rings. The number of aryl methyl sites for hydroxylation is 1. The van der Waals surface area contributed by atoms with Gasteiger partial charge in [0, 0.05) is 16.8 Å². The summed E-state index contributed by atoms with van der Waals surface area (Å²) in [5.41, 5.74) is 2.45. The monoisotopic (exact) mass is 320 g/mol. The fourth-order valence-corrected chi connectivity index (χ4v) is 3.20. The van der Waals surface area contributed by atoms with Gasteiger partial charge in [0.15, 0.2) is 0 Å². The van der Waals surface area contributed by atoms with E-state index in [0.29, 0.717) is 11.2 Å². The normalized spacial score (nSPS) is 11.2. The van der Waals surface area contributed by atoms with Crippen LogP contribution in [0.25, 0.3) is 27.5 Å². The Bertz CT molecular complexity index is 1120. The lowest BCUT2D eigenvalue weighted by atomic mass is 10.1. The summed E-state index contributed by atoms with van der Waals surface area (Å²) in [4.78, 5) is 11.0. The second-order valence-corrected chi connectivity index (χ2v) is 5.74. The highest BCUT2D eigenvalue weighted by molar-refractivity contribution is 6.09. The zero-order valence-corrected chi connectivity index (χ0v) is 12.9. The molecule has 0 saturated carbocycles. The van der Waals surface area contributed by atoms with E-state index in [2.05, 4.69) is 0 Å². The molecule has 118 valence electrons. The summed E-state index contributed by atoms with van der Waals surface area (Å²) in [6.07, 6.45) is 0. The Morgan fingerprint density at radius 2 is 1.79 bits per heavy atom. The minimum atomic E-state index is -0.442. The van der Waals surface area contributed by atoms with Crippen LogP contribution >= 0.6 is 0 Å². The summed E-state index contributed by atoms with van der Waals surface area (Å²) < 4.78 is 16.2. The first-order valence-electron chi connectivity index (χ1n) is 7.51. The van der Waals surface area contributed by atoms with Crippen molar-refractivity contribution in [2.24, 2.45) is 0 Å². The van der Waals surface area contributed by atoms with Gasteiger partial charge in [0.2, 0.25) is 0 Å². The zero-order chi connectivity index (χ0) is 16.8. The van der Waals surface area contributed by atoms with E-state index in [-0.39, 0.29) is 5.69 Å². The molecule has 4 rings (SSSR count). The van der Waals surface area contributed by atoms with Crippen LogP contribution < -0.4 is 0 Å². The first kappa shape index (κ1) is 14.4. The molecular formula is C19H13FN2O2. The van der Waals surface area contributed by atoms with Crippen LogP contribution in [0, 0.1) is 22.9 Å². The Morgan fingerprint density at radius 1 is 1.00 bits per heavy atom. The highest BCUT2D eigenvalue weighted by Crippen LogP contribution is 2.36. The molecule has 0 radical (unpaired) electrons. The van der Waals surface area contributed by atoms with Crippen LogP contribution in [0.15, 0.2) is 60.7 Å². The molecule has 4 nitrogen and oxygen atoms in total. The fourth-order valence-electron chi connectivity index (χ4n) is 3.20. The molecule has 0 bridgehead atoms. The van der Waals surface area contributed by atoms with Crippen LogP contribution in [0.2, 0.25) is 0 Å². The minimum absolute atomic E-state index is 0.0554. The Hall–Kier alpha value is -3.21. The molecule has 0 aliphatic rings. The van der Waals surface area contributed by atoms with Crippen molar-refractivity contribution >= 4 is 27.5 Å². The number of nitro groups is 1. The van der Waals surface area contributed by atoms with Crippen LogP contribution in [0.1, 0.15) is 5.56 Å². The molecule has 5 heteroatoms. The van der Waals surface area contributed by atoms with E-state index in [9.17, 15) is 14.5 Å². The average molecular weight is 320 g/mol. The van der Waals surface area contributed by atoms with Gasteiger partial charge in [0.05, 0.1) is 16.0 Å². The van der Waals surface area contributed by atoms with Gasteiger partial charge in [-0.2, -0.15) is 0 Å². The van der Waals surface area contributed by atoms with Crippen LogP contribution in [0.5, 0.6) is 0 Å². The molecule has 0 spiro atoms. The maximum Gasteiger partial charge on any atom is 0.293 e. The summed E-state index contributed by atoms with van der Waals surface area (Å²) in [5, 5.41) is 13.0. The molecule has 0 fully saturated rings. The number of hydrogen-bond acceptors (Lipinski definition) is 2. The quantitative estimate of drug-likeness (QED) is 0.379. The highest BCUT2D eigenvalue weighted by Gasteiger charge is 2.21. The van der Waals surface area contributed by atoms with Crippen molar-refractivity contribution in [3.63, 3.8) is 0 Å². The zero-order valence-electron chi connectivity index (χ0n) is 12.9. The number of halogens is 1. The standard InChI is InChI=1S/C19H13FN2O2/c1-12-9-10-16-14(11-12)13-5-4-6-15(20)19(13)21(16)17-7-2-3-8-18(17)22(23)24/h2-11H,1H3. The number of rotatable bonds is 2. The second kappa shape index (κ2) is 5.16. The maximum atomic E-state index is 14.6. The Balaban J connectivity index is 2.25. The van der Waals surface area contributed by atoms with Crippen molar-refractivity contribution in [3.05, 3.63) is 82.2 Å². The number of nitrogens with zero attached hydrogens (tertiary/aromatic N) is 2. The first-order valence-corrected chi connectivity index (χ1v) is 7.51. The molecular weight excluding hydrogens is 307 g/mol. The lowest BCUT2D eigenvalue weighted by molar-refractivity contribution is -0.384. The van der Waals surface area contributed by atoms with Gasteiger partial charge in [0.25, 0.3) is 5.69 Å². The van der Waals surface area contributed by atoms with E-state index in [1.165, 1.54) is 12.1 Å². The van der Waals surface area contributed by atoms with Crippen molar-refractivity contribution in [3.8, 4) is 5.69 Å². The van der Waals surface area contributed by atoms with Crippen molar-refractivity contribution < 1.29 is 9.31 Å². The summed E-state index contributed by atoms with van der Waals surface area (Å²) >= 11 is 0. The van der Waals surface area contributed by atoms with Crippen molar-refractivity contribution in [2.45, 2.75) is 6.92 Å². The third-order valence-corrected chi connectivity index (χ3v) is 4.21. The summed E-state index contributed by atoms with van der Waals surface area (Å²) in [7, 11) is 0. The number of aromatic nitrogens is 1. The van der Waals surface area contributed by atoms with E-state index in [1.807, 2.05) is 31.2 Å². The SMILES string of the molecule is Cc1ccc2c(c1)c1cccc(F)c1n2-c1ccccc1[N+](=O)[O-]. The van der Waals surface area contributed by atoms with Crippen LogP contribution in [0.3, 0.4) is 0 Å². The number of benzene rings is 3. The molecule has 3 aromatic carbocycles. The molecule has 0 aliphatic heterocycles. The number of para-hydroxylation sites is 3. The van der Waals surface area contributed by atoms with E-state index in [0.717, 1.165) is 21.9 Å². The van der Waals surface area contributed by atoms with E-state index in [4.69, 9.17) is 0 Å². The molecule has 0 amide bonds. The third-order valence-electron chi connectivity index (χ3n) is 4.21. The van der Waals surface area contributed by atoms with Gasteiger partial charge >= 0.3 is 0 Å². The van der Waals surface area contributed by atoms with E-state index < -0.39 is 10.7 Å². The van der Waals surface area contributed by atoms with Gasteiger partial charge < -0.3 is 4.57 Å². The Morgan fingerprint density at radius 3 is 2.58 bits per heavy atom. The van der Waals surface area contributed by atoms with Crippen LogP contribution in [-0.4, -0.2) is 9.49 Å². The lowest BCUT2D eigenvalue weighted by Gasteiger charge is -2.08. The topological polar surface area (TPSA) is 48.1 Å². The van der Waals surface area contributed by atoms with Crippen molar-refractivity contribution in [1.29, 1.82) is 0 Å². The van der Waals surface area contributed by atoms with Gasteiger partial charge in [-0.25, -0.2) is 4.39 Å². The fraction of sp³-hybridized carbons (Fsp3) is 0.0526. The third kappa shape index (κ3) is 1.98. The molecule has 0 aliphatic carbocycles. The Kier molecular flexibility index (Phi) is 3.09. The van der Waals surface area contributed by atoms with Gasteiger partial charge in [-0.3, -0.25) is 10.1 Å². The molecule has 0 unspecified atom stereocenters. The highest BCUT2D eigenvalue weighted by atomic mass is 19.1. The number of nitro benzene ring substituents is 1. The predicted octanol–water partition coefficient (Wildman–Crippen LogP) is 5.14. The number of hydrogen-bond donors (Lipinski definition) is 0. The molecule has 0 saturated heterocycles. The molecule has 0 atom stereocenters. The largest absolute Gasteiger partial charge is 0.300 e. The molecule has 24 heavy (non-hydrogen) atoms. The molecule has 1 aromatic heterocycles. The van der Waals surface area contributed by atoms with Gasteiger partial charge in [-0.15, -0.1) is 0 Å². The van der Waals surface area contributed by atoms with Crippen LogP contribution in [-0.2, 0) is 0 Å². The van der Waals surface area contributed by atoms with Crippen molar-refractivity contribution in [1.82, 2.24) is 4.57 Å². The molecule has 1 heterocycles. The summed E-state index contributed by atoms with van der Waals surface area (Å²) in [6, 6.07) is 17.0. The second-order valence-electron chi connectivity index (χ2n) is 5.74. The maximum absolute atomic E-state index is 14.6. The van der Waals surface area contributed by atoms with Crippen LogP contribution in [0.4, 0.5) is 10.1 Å². The summed E-state index contributed by atoms with van der Waals surface area (Å²) in [5.74, 6) is -0.403. The molecule has 0 N–H and O–H groups in total. The lowest BCUT2D eigenvalue weighted by Crippen LogP contribution is -2.00. The van der Waals surface area contributed by atoms with Crippen molar-refractivity contribution in [2.75, 3.05) is 0 Å². The number of fused-ring (bicyclic) bond motifs is 3.